The standard InChI is InChI=1S/C14H17NO3S/c1-11-5-3-4-6-13(11)12-7-9-14(16,10-8-12)15-19(2,17)18/h3-9,15-16H,10H2,1-2H3. The zero-order valence-electron chi connectivity index (χ0n) is 10.9. The number of aliphatic hydroxyl groups is 1. The van der Waals surface area contributed by atoms with Crippen LogP contribution in [-0.4, -0.2) is 25.5 Å². The Hall–Kier alpha value is -1.43. The minimum absolute atomic E-state index is 0.209. The summed E-state index contributed by atoms with van der Waals surface area (Å²) in [6, 6.07) is 7.93. The third kappa shape index (κ3) is 3.53. The number of hydrogen-bond acceptors (Lipinski definition) is 3. The lowest BCUT2D eigenvalue weighted by molar-refractivity contribution is 0.0821. The van der Waals surface area contributed by atoms with Crippen LogP contribution in [0.1, 0.15) is 17.5 Å². The highest BCUT2D eigenvalue weighted by atomic mass is 32.2. The average Bonchev–Trinajstić information content (AvgIpc) is 2.28. The summed E-state index contributed by atoms with van der Waals surface area (Å²) in [6.07, 6.45) is 6.29. The van der Waals surface area contributed by atoms with Crippen molar-refractivity contribution in [2.45, 2.75) is 19.1 Å². The summed E-state index contributed by atoms with van der Waals surface area (Å²) >= 11 is 0. The molecule has 1 aromatic rings. The molecule has 0 radical (unpaired) electrons. The van der Waals surface area contributed by atoms with Crippen molar-refractivity contribution in [1.29, 1.82) is 0 Å². The van der Waals surface area contributed by atoms with Crippen molar-refractivity contribution in [2.24, 2.45) is 0 Å². The van der Waals surface area contributed by atoms with Crippen LogP contribution in [0.2, 0.25) is 0 Å². The second-order valence-electron chi connectivity index (χ2n) is 4.81. The molecule has 0 bridgehead atoms. The van der Waals surface area contributed by atoms with E-state index in [1.54, 1.807) is 6.08 Å². The number of nitrogens with one attached hydrogen (secondary N) is 1. The van der Waals surface area contributed by atoms with Gasteiger partial charge in [-0.3, -0.25) is 0 Å². The van der Waals surface area contributed by atoms with E-state index in [2.05, 4.69) is 4.72 Å². The Morgan fingerprint density at radius 2 is 2.00 bits per heavy atom. The van der Waals surface area contributed by atoms with Crippen molar-refractivity contribution in [1.82, 2.24) is 4.72 Å². The molecular weight excluding hydrogens is 262 g/mol. The molecule has 1 aliphatic rings. The molecule has 0 amide bonds. The van der Waals surface area contributed by atoms with Gasteiger partial charge in [-0.1, -0.05) is 36.4 Å². The van der Waals surface area contributed by atoms with Crippen LogP contribution in [0, 0.1) is 6.92 Å². The summed E-state index contributed by atoms with van der Waals surface area (Å²) in [7, 11) is -3.45. The van der Waals surface area contributed by atoms with Crippen LogP contribution in [-0.2, 0) is 10.0 Å². The molecule has 0 spiro atoms. The van der Waals surface area contributed by atoms with Crippen molar-refractivity contribution >= 4 is 15.6 Å². The van der Waals surface area contributed by atoms with Crippen LogP contribution in [0.15, 0.2) is 42.5 Å². The maximum absolute atomic E-state index is 11.2. The van der Waals surface area contributed by atoms with Crippen molar-refractivity contribution in [3.8, 4) is 0 Å². The van der Waals surface area contributed by atoms with E-state index in [-0.39, 0.29) is 6.42 Å². The lowest BCUT2D eigenvalue weighted by Gasteiger charge is -2.27. The second kappa shape index (κ2) is 4.92. The Labute approximate surface area is 113 Å². The lowest BCUT2D eigenvalue weighted by atomic mass is 9.93. The maximum atomic E-state index is 11.2. The van der Waals surface area contributed by atoms with Gasteiger partial charge in [0.1, 0.15) is 0 Å². The van der Waals surface area contributed by atoms with Gasteiger partial charge in [-0.25, -0.2) is 8.42 Å². The van der Waals surface area contributed by atoms with Crippen molar-refractivity contribution in [3.05, 3.63) is 53.6 Å². The van der Waals surface area contributed by atoms with Crippen LogP contribution in [0.3, 0.4) is 0 Å². The normalized spacial score (nSPS) is 23.2. The van der Waals surface area contributed by atoms with Gasteiger partial charge < -0.3 is 5.11 Å². The Morgan fingerprint density at radius 1 is 1.32 bits per heavy atom. The van der Waals surface area contributed by atoms with E-state index in [1.807, 2.05) is 37.3 Å². The summed E-state index contributed by atoms with van der Waals surface area (Å²) in [4.78, 5) is 0. The van der Waals surface area contributed by atoms with E-state index in [9.17, 15) is 13.5 Å². The minimum atomic E-state index is -3.45. The highest BCUT2D eigenvalue weighted by Gasteiger charge is 2.28. The van der Waals surface area contributed by atoms with Crippen molar-refractivity contribution in [2.75, 3.05) is 6.26 Å². The molecule has 0 aliphatic heterocycles. The first-order valence-corrected chi connectivity index (χ1v) is 7.85. The van der Waals surface area contributed by atoms with Crippen molar-refractivity contribution in [3.63, 3.8) is 0 Å². The Balaban J connectivity index is 2.23. The zero-order valence-corrected chi connectivity index (χ0v) is 11.7. The Kier molecular flexibility index (Phi) is 3.62. The Bertz CT molecular complexity index is 646. The first-order chi connectivity index (χ1) is 8.79. The fourth-order valence-electron chi connectivity index (χ4n) is 2.12. The molecule has 5 heteroatoms. The van der Waals surface area contributed by atoms with Crippen LogP contribution < -0.4 is 4.72 Å². The van der Waals surface area contributed by atoms with E-state index in [1.165, 1.54) is 6.08 Å². The smallest absolute Gasteiger partial charge is 0.211 e. The van der Waals surface area contributed by atoms with E-state index < -0.39 is 15.7 Å². The van der Waals surface area contributed by atoms with E-state index in [0.717, 1.165) is 23.0 Å². The van der Waals surface area contributed by atoms with Gasteiger partial charge in [-0.2, -0.15) is 4.72 Å². The first-order valence-electron chi connectivity index (χ1n) is 5.96. The number of aryl methyl sites for hydroxylation is 1. The zero-order chi connectivity index (χ0) is 14.1. The van der Waals surface area contributed by atoms with E-state index in [4.69, 9.17) is 0 Å². The van der Waals surface area contributed by atoms with Crippen LogP contribution >= 0.6 is 0 Å². The molecule has 0 heterocycles. The summed E-state index contributed by atoms with van der Waals surface area (Å²) < 4.78 is 24.6. The van der Waals surface area contributed by atoms with Gasteiger partial charge in [0.2, 0.25) is 10.0 Å². The van der Waals surface area contributed by atoms with Gasteiger partial charge >= 0.3 is 0 Å². The molecule has 102 valence electrons. The third-order valence-electron chi connectivity index (χ3n) is 2.99. The fraction of sp³-hybridized carbons (Fsp3) is 0.286. The molecular formula is C14H17NO3S. The summed E-state index contributed by atoms with van der Waals surface area (Å²) in [6.45, 7) is 2.01. The largest absolute Gasteiger partial charge is 0.371 e. The molecule has 4 nitrogen and oxygen atoms in total. The van der Waals surface area contributed by atoms with Crippen LogP contribution in [0.25, 0.3) is 5.57 Å². The van der Waals surface area contributed by atoms with Gasteiger partial charge in [0.05, 0.1) is 6.26 Å². The molecule has 1 atom stereocenters. The first kappa shape index (κ1) is 14.0. The molecule has 2 rings (SSSR count). The summed E-state index contributed by atoms with van der Waals surface area (Å²) in [5, 5.41) is 10.1. The topological polar surface area (TPSA) is 66.4 Å². The molecule has 2 N–H and O–H groups in total. The average molecular weight is 279 g/mol. The predicted molar refractivity (Wildman–Crippen MR) is 75.8 cm³/mol. The maximum Gasteiger partial charge on any atom is 0.211 e. The second-order valence-corrected chi connectivity index (χ2v) is 6.56. The molecule has 1 aliphatic carbocycles. The van der Waals surface area contributed by atoms with E-state index in [0.29, 0.717) is 0 Å². The Morgan fingerprint density at radius 3 is 2.53 bits per heavy atom. The lowest BCUT2D eigenvalue weighted by Crippen LogP contribution is -2.46. The quantitative estimate of drug-likeness (QED) is 0.826. The molecule has 0 fully saturated rings. The van der Waals surface area contributed by atoms with Gasteiger partial charge in [0.15, 0.2) is 5.72 Å². The number of rotatable bonds is 3. The van der Waals surface area contributed by atoms with Crippen LogP contribution in [0.5, 0.6) is 0 Å². The van der Waals surface area contributed by atoms with Crippen molar-refractivity contribution < 1.29 is 13.5 Å². The SMILES string of the molecule is Cc1ccccc1C1=CCC(O)(NS(C)(=O)=O)C=C1. The monoisotopic (exact) mass is 279 g/mol. The molecule has 19 heavy (non-hydrogen) atoms. The highest BCUT2D eigenvalue weighted by molar-refractivity contribution is 7.88. The van der Waals surface area contributed by atoms with Gasteiger partial charge in [0.25, 0.3) is 0 Å². The van der Waals surface area contributed by atoms with Gasteiger partial charge in [-0.05, 0) is 29.7 Å². The van der Waals surface area contributed by atoms with Gasteiger partial charge in [0, 0.05) is 6.42 Å². The molecule has 1 aromatic carbocycles. The molecule has 0 aromatic heterocycles. The molecule has 0 saturated carbocycles. The number of hydrogen-bond donors (Lipinski definition) is 2. The fourth-order valence-corrected chi connectivity index (χ4v) is 2.92. The summed E-state index contributed by atoms with van der Waals surface area (Å²) in [5.41, 5.74) is 1.68. The van der Waals surface area contributed by atoms with Crippen LogP contribution in [0.4, 0.5) is 0 Å². The number of allylic oxidation sites excluding steroid dienone is 2. The van der Waals surface area contributed by atoms with Gasteiger partial charge in [-0.15, -0.1) is 0 Å². The minimum Gasteiger partial charge on any atom is -0.371 e. The number of benzene rings is 1. The van der Waals surface area contributed by atoms with E-state index >= 15 is 0 Å². The summed E-state index contributed by atoms with van der Waals surface area (Å²) in [5.74, 6) is 0. The highest BCUT2D eigenvalue weighted by Crippen LogP contribution is 2.27. The number of sulfonamides is 1. The predicted octanol–water partition coefficient (Wildman–Crippen LogP) is 1.58. The molecule has 0 saturated heterocycles. The molecule has 1 unspecified atom stereocenters. The third-order valence-corrected chi connectivity index (χ3v) is 3.71.